The Kier molecular flexibility index (Phi) is 4.45. The molecular weight excluding hydrogens is 314 g/mol. The van der Waals surface area contributed by atoms with Gasteiger partial charge in [-0.2, -0.15) is 5.10 Å². The molecule has 0 bridgehead atoms. The van der Waals surface area contributed by atoms with E-state index in [4.69, 9.17) is 4.74 Å². The fraction of sp³-hybridized carbons (Fsp3) is 0.200. The summed E-state index contributed by atoms with van der Waals surface area (Å²) in [5.74, 6) is 0.161. The van der Waals surface area contributed by atoms with Gasteiger partial charge in [-0.25, -0.2) is 14.6 Å². The fourth-order valence-electron chi connectivity index (χ4n) is 2.00. The normalized spacial score (nSPS) is 10.7. The van der Waals surface area contributed by atoms with Crippen molar-refractivity contribution < 1.29 is 9.53 Å². The summed E-state index contributed by atoms with van der Waals surface area (Å²) in [7, 11) is 1.51. The Bertz CT molecular complexity index is 813. The lowest BCUT2D eigenvalue weighted by Gasteiger charge is -2.05. The zero-order chi connectivity index (χ0) is 16.2. The van der Waals surface area contributed by atoms with E-state index in [2.05, 4.69) is 20.4 Å². The number of carbonyl (C=O) groups is 1. The summed E-state index contributed by atoms with van der Waals surface area (Å²) in [5, 5.41) is 8.77. The Balaban J connectivity index is 1.89. The summed E-state index contributed by atoms with van der Waals surface area (Å²) in [5.41, 5.74) is 2.27. The molecule has 3 aromatic rings. The summed E-state index contributed by atoms with van der Waals surface area (Å²) in [6.45, 7) is 2.11. The highest BCUT2D eigenvalue weighted by atomic mass is 32.1. The van der Waals surface area contributed by atoms with Crippen LogP contribution in [0.15, 0.2) is 36.1 Å². The highest BCUT2D eigenvalue weighted by Gasteiger charge is 2.12. The van der Waals surface area contributed by atoms with Gasteiger partial charge in [0.15, 0.2) is 0 Å². The fourth-order valence-corrected chi connectivity index (χ4v) is 2.77. The molecule has 0 fully saturated rings. The summed E-state index contributed by atoms with van der Waals surface area (Å²) < 4.78 is 6.30. The van der Waals surface area contributed by atoms with Crippen LogP contribution in [0.2, 0.25) is 0 Å². The number of aromatic nitrogens is 4. The number of rotatable bonds is 5. The summed E-state index contributed by atoms with van der Waals surface area (Å²) >= 11 is 1.62. The SMILES string of the molecule is COCNC(=O)c1cnn(-c2ncc(C)c(-c3cccs3)n2)c1. The van der Waals surface area contributed by atoms with Gasteiger partial charge in [-0.1, -0.05) is 6.07 Å². The maximum atomic E-state index is 11.9. The number of ether oxygens (including phenoxy) is 1. The van der Waals surface area contributed by atoms with Crippen molar-refractivity contribution in [2.24, 2.45) is 0 Å². The van der Waals surface area contributed by atoms with Gasteiger partial charge in [0.2, 0.25) is 0 Å². The summed E-state index contributed by atoms with van der Waals surface area (Å²) in [4.78, 5) is 21.8. The van der Waals surface area contributed by atoms with E-state index >= 15 is 0 Å². The second-order valence-electron chi connectivity index (χ2n) is 4.79. The molecule has 3 rings (SSSR count). The molecule has 0 saturated heterocycles. The largest absolute Gasteiger partial charge is 0.364 e. The topological polar surface area (TPSA) is 81.9 Å². The Morgan fingerprint density at radius 2 is 2.30 bits per heavy atom. The molecule has 0 saturated carbocycles. The van der Waals surface area contributed by atoms with Crippen molar-refractivity contribution in [3.05, 3.63) is 47.2 Å². The molecule has 23 heavy (non-hydrogen) atoms. The van der Waals surface area contributed by atoms with Crippen molar-refractivity contribution in [3.63, 3.8) is 0 Å². The van der Waals surface area contributed by atoms with E-state index in [0.717, 1.165) is 16.1 Å². The van der Waals surface area contributed by atoms with Gasteiger partial charge in [0.1, 0.15) is 6.73 Å². The third kappa shape index (κ3) is 3.27. The number of carbonyl (C=O) groups excluding carboxylic acids is 1. The molecule has 3 aromatic heterocycles. The van der Waals surface area contributed by atoms with Crippen LogP contribution in [-0.4, -0.2) is 39.5 Å². The number of hydrogen-bond donors (Lipinski definition) is 1. The van der Waals surface area contributed by atoms with E-state index in [1.807, 2.05) is 24.4 Å². The van der Waals surface area contributed by atoms with Crippen LogP contribution in [0.3, 0.4) is 0 Å². The molecule has 8 heteroatoms. The lowest BCUT2D eigenvalue weighted by molar-refractivity contribution is 0.0872. The first kappa shape index (κ1) is 15.3. The van der Waals surface area contributed by atoms with E-state index < -0.39 is 0 Å². The molecule has 0 atom stereocenters. The molecule has 0 spiro atoms. The molecule has 0 aliphatic rings. The minimum Gasteiger partial charge on any atom is -0.364 e. The molecule has 0 aromatic carbocycles. The average Bonchev–Trinajstić information content (AvgIpc) is 3.24. The van der Waals surface area contributed by atoms with Crippen LogP contribution in [0, 0.1) is 6.92 Å². The minimum absolute atomic E-state index is 0.146. The van der Waals surface area contributed by atoms with Crippen molar-refractivity contribution in [1.29, 1.82) is 0 Å². The molecule has 118 valence electrons. The van der Waals surface area contributed by atoms with Gasteiger partial charge in [0.05, 0.1) is 22.3 Å². The molecule has 1 N–H and O–H groups in total. The number of nitrogens with zero attached hydrogens (tertiary/aromatic N) is 4. The standard InChI is InChI=1S/C15H15N5O2S/c1-10-6-16-15(19-13(10)12-4-3-5-23-12)20-8-11(7-18-20)14(21)17-9-22-2/h3-8H,9H2,1-2H3,(H,17,21). The van der Waals surface area contributed by atoms with Crippen molar-refractivity contribution in [1.82, 2.24) is 25.1 Å². The smallest absolute Gasteiger partial charge is 0.256 e. The van der Waals surface area contributed by atoms with Crippen molar-refractivity contribution in [3.8, 4) is 16.5 Å². The quantitative estimate of drug-likeness (QED) is 0.724. The van der Waals surface area contributed by atoms with Gasteiger partial charge in [-0.15, -0.1) is 11.3 Å². The van der Waals surface area contributed by atoms with Gasteiger partial charge in [-0.05, 0) is 23.9 Å². The van der Waals surface area contributed by atoms with E-state index in [1.165, 1.54) is 18.0 Å². The minimum atomic E-state index is -0.260. The maximum absolute atomic E-state index is 11.9. The van der Waals surface area contributed by atoms with Gasteiger partial charge < -0.3 is 10.1 Å². The predicted octanol–water partition coefficient (Wildman–Crippen LogP) is 2.03. The van der Waals surface area contributed by atoms with E-state index in [-0.39, 0.29) is 12.6 Å². The second-order valence-corrected chi connectivity index (χ2v) is 5.74. The highest BCUT2D eigenvalue weighted by molar-refractivity contribution is 7.13. The first-order chi connectivity index (χ1) is 11.2. The van der Waals surface area contributed by atoms with Gasteiger partial charge in [0, 0.05) is 19.5 Å². The first-order valence-corrected chi connectivity index (χ1v) is 7.76. The third-order valence-corrected chi connectivity index (χ3v) is 4.02. The van der Waals surface area contributed by atoms with Crippen LogP contribution >= 0.6 is 11.3 Å². The number of thiophene rings is 1. The Labute approximate surface area is 137 Å². The van der Waals surface area contributed by atoms with Crippen LogP contribution in [0.4, 0.5) is 0 Å². The highest BCUT2D eigenvalue weighted by Crippen LogP contribution is 2.25. The molecule has 3 heterocycles. The molecule has 0 unspecified atom stereocenters. The molecule has 1 amide bonds. The second kappa shape index (κ2) is 6.67. The number of hydrogen-bond acceptors (Lipinski definition) is 6. The maximum Gasteiger partial charge on any atom is 0.256 e. The first-order valence-electron chi connectivity index (χ1n) is 6.88. The van der Waals surface area contributed by atoms with E-state index in [9.17, 15) is 4.79 Å². The summed E-state index contributed by atoms with van der Waals surface area (Å²) in [6, 6.07) is 3.99. The number of methoxy groups -OCH3 is 1. The zero-order valence-corrected chi connectivity index (χ0v) is 13.5. The van der Waals surface area contributed by atoms with Crippen LogP contribution in [0.5, 0.6) is 0 Å². The molecule has 0 aliphatic carbocycles. The van der Waals surface area contributed by atoms with Gasteiger partial charge in [-0.3, -0.25) is 4.79 Å². The van der Waals surface area contributed by atoms with Crippen molar-refractivity contribution in [2.75, 3.05) is 13.8 Å². The molecule has 0 radical (unpaired) electrons. The third-order valence-electron chi connectivity index (χ3n) is 3.14. The Morgan fingerprint density at radius 1 is 1.43 bits per heavy atom. The Morgan fingerprint density at radius 3 is 3.04 bits per heavy atom. The average molecular weight is 329 g/mol. The number of amides is 1. The van der Waals surface area contributed by atoms with E-state index in [0.29, 0.717) is 11.5 Å². The molecule has 0 aliphatic heterocycles. The lowest BCUT2D eigenvalue weighted by Crippen LogP contribution is -2.24. The zero-order valence-electron chi connectivity index (χ0n) is 12.7. The van der Waals surface area contributed by atoms with Gasteiger partial charge >= 0.3 is 0 Å². The van der Waals surface area contributed by atoms with Crippen molar-refractivity contribution >= 4 is 17.2 Å². The van der Waals surface area contributed by atoms with E-state index in [1.54, 1.807) is 23.7 Å². The lowest BCUT2D eigenvalue weighted by atomic mass is 10.2. The van der Waals surface area contributed by atoms with Crippen LogP contribution in [0.25, 0.3) is 16.5 Å². The van der Waals surface area contributed by atoms with Gasteiger partial charge in [0.25, 0.3) is 11.9 Å². The monoisotopic (exact) mass is 329 g/mol. The molecule has 7 nitrogen and oxygen atoms in total. The number of nitrogens with one attached hydrogen (secondary N) is 1. The van der Waals surface area contributed by atoms with Crippen molar-refractivity contribution in [2.45, 2.75) is 6.92 Å². The number of aryl methyl sites for hydroxylation is 1. The molecular formula is C15H15N5O2S. The van der Waals surface area contributed by atoms with Crippen LogP contribution < -0.4 is 5.32 Å². The van der Waals surface area contributed by atoms with Crippen LogP contribution in [-0.2, 0) is 4.74 Å². The Hall–Kier alpha value is -2.58. The van der Waals surface area contributed by atoms with Crippen LogP contribution in [0.1, 0.15) is 15.9 Å². The predicted molar refractivity (Wildman–Crippen MR) is 86.5 cm³/mol. The summed E-state index contributed by atoms with van der Waals surface area (Å²) in [6.07, 6.45) is 4.82.